The van der Waals surface area contributed by atoms with Crippen molar-refractivity contribution < 1.29 is 19.4 Å². The number of carbonyl (C=O) groups is 1. The zero-order chi connectivity index (χ0) is 20.9. The van der Waals surface area contributed by atoms with Crippen LogP contribution in [-0.2, 0) is 16.0 Å². The molecular formula is C26H34O4. The van der Waals surface area contributed by atoms with Crippen LogP contribution in [0, 0.1) is 34.0 Å². The summed E-state index contributed by atoms with van der Waals surface area (Å²) in [5.74, 6) is 2.76. The molecule has 1 N–H and O–H groups in total. The molecule has 2 aliphatic heterocycles. The first-order valence-electron chi connectivity index (χ1n) is 11.9. The number of carbonyl (C=O) groups excluding carboxylic acids is 1. The Hall–Kier alpha value is -1.71. The van der Waals surface area contributed by atoms with Crippen molar-refractivity contribution in [3.8, 4) is 11.5 Å². The third-order valence-corrected chi connectivity index (χ3v) is 10.5. The molecule has 6 rings (SSSR count). The van der Waals surface area contributed by atoms with Gasteiger partial charge in [0.1, 0.15) is 17.1 Å². The molecular weight excluding hydrogens is 376 g/mol. The van der Waals surface area contributed by atoms with E-state index in [-0.39, 0.29) is 27.8 Å². The van der Waals surface area contributed by atoms with Crippen molar-refractivity contribution in [3.63, 3.8) is 0 Å². The summed E-state index contributed by atoms with van der Waals surface area (Å²) in [6.45, 7) is 7.62. The van der Waals surface area contributed by atoms with Crippen LogP contribution in [0.15, 0.2) is 18.2 Å². The summed E-state index contributed by atoms with van der Waals surface area (Å²) in [5, 5.41) is 10.1. The summed E-state index contributed by atoms with van der Waals surface area (Å²) >= 11 is 0. The number of hydrogen-bond donors (Lipinski definition) is 1. The Morgan fingerprint density at radius 2 is 1.80 bits per heavy atom. The van der Waals surface area contributed by atoms with Crippen molar-refractivity contribution >= 4 is 5.97 Å². The lowest BCUT2D eigenvalue weighted by Gasteiger charge is -2.70. The minimum Gasteiger partial charge on any atom is -0.508 e. The zero-order valence-electron chi connectivity index (χ0n) is 18.5. The number of rotatable bonds is 0. The van der Waals surface area contributed by atoms with Crippen LogP contribution >= 0.6 is 0 Å². The summed E-state index contributed by atoms with van der Waals surface area (Å²) < 4.78 is 12.6. The van der Waals surface area contributed by atoms with Gasteiger partial charge in [-0.25, -0.2) is 0 Å². The van der Waals surface area contributed by atoms with Crippen LogP contribution in [-0.4, -0.2) is 23.3 Å². The zero-order valence-corrected chi connectivity index (χ0v) is 18.5. The van der Waals surface area contributed by atoms with E-state index in [0.717, 1.165) is 56.3 Å². The number of phenols is 1. The fraction of sp³-hybridized carbons (Fsp3) is 0.731. The lowest BCUT2D eigenvalue weighted by Crippen LogP contribution is -2.69. The Labute approximate surface area is 179 Å². The monoisotopic (exact) mass is 410 g/mol. The second kappa shape index (κ2) is 5.75. The molecule has 7 atom stereocenters. The van der Waals surface area contributed by atoms with Gasteiger partial charge in [0.2, 0.25) is 0 Å². The molecule has 4 heteroatoms. The molecule has 4 nitrogen and oxygen atoms in total. The predicted octanol–water partition coefficient (Wildman–Crippen LogP) is 5.26. The predicted molar refractivity (Wildman–Crippen MR) is 113 cm³/mol. The van der Waals surface area contributed by atoms with E-state index in [9.17, 15) is 9.90 Å². The van der Waals surface area contributed by atoms with Gasteiger partial charge in [0.25, 0.3) is 0 Å². The van der Waals surface area contributed by atoms with Gasteiger partial charge in [0, 0.05) is 11.3 Å². The average Bonchev–Trinajstić information content (AvgIpc) is 2.70. The molecule has 30 heavy (non-hydrogen) atoms. The number of benzene rings is 1. The number of fused-ring (bicyclic) bond motifs is 4. The Bertz CT molecular complexity index is 926. The van der Waals surface area contributed by atoms with Crippen molar-refractivity contribution in [2.45, 2.75) is 77.7 Å². The smallest absolute Gasteiger partial charge is 0.312 e. The SMILES string of the molecule is C[C@@]12CCC3[C@]4(CCC[C@@]3(C)C(=O)OC4)C1CC[C@]1(C)Oc3ccc(O)cc3CC21. The van der Waals surface area contributed by atoms with E-state index in [1.165, 1.54) is 6.42 Å². The summed E-state index contributed by atoms with van der Waals surface area (Å²) in [7, 11) is 0. The van der Waals surface area contributed by atoms with Gasteiger partial charge < -0.3 is 14.6 Å². The molecule has 5 aliphatic rings. The Morgan fingerprint density at radius 1 is 1.00 bits per heavy atom. The van der Waals surface area contributed by atoms with E-state index in [4.69, 9.17) is 9.47 Å². The third kappa shape index (κ3) is 2.16. The maximum atomic E-state index is 12.8. The molecule has 0 amide bonds. The average molecular weight is 411 g/mol. The van der Waals surface area contributed by atoms with Crippen molar-refractivity contribution in [1.82, 2.24) is 0 Å². The van der Waals surface area contributed by atoms with Gasteiger partial charge in [-0.1, -0.05) is 13.3 Å². The molecule has 4 fully saturated rings. The highest BCUT2D eigenvalue weighted by Crippen LogP contribution is 2.72. The van der Waals surface area contributed by atoms with Gasteiger partial charge in [-0.05, 0) is 99.8 Å². The van der Waals surface area contributed by atoms with Crippen LogP contribution in [0.4, 0.5) is 0 Å². The summed E-state index contributed by atoms with van der Waals surface area (Å²) in [4.78, 5) is 12.8. The molecule has 0 aromatic heterocycles. The largest absolute Gasteiger partial charge is 0.508 e. The van der Waals surface area contributed by atoms with Crippen LogP contribution in [0.3, 0.4) is 0 Å². The second-order valence-electron chi connectivity index (χ2n) is 11.7. The first-order valence-corrected chi connectivity index (χ1v) is 11.9. The van der Waals surface area contributed by atoms with Gasteiger partial charge in [-0.15, -0.1) is 0 Å². The van der Waals surface area contributed by atoms with Crippen molar-refractivity contribution in [3.05, 3.63) is 23.8 Å². The Balaban J connectivity index is 1.43. The molecule has 1 aromatic carbocycles. The number of ether oxygens (including phenoxy) is 2. The van der Waals surface area contributed by atoms with Crippen molar-refractivity contribution in [2.24, 2.45) is 34.0 Å². The quantitative estimate of drug-likeness (QED) is 0.593. The maximum absolute atomic E-state index is 12.8. The molecule has 3 saturated carbocycles. The van der Waals surface area contributed by atoms with E-state index >= 15 is 0 Å². The Morgan fingerprint density at radius 3 is 2.63 bits per heavy atom. The first kappa shape index (κ1) is 19.0. The van der Waals surface area contributed by atoms with Gasteiger partial charge in [0.15, 0.2) is 0 Å². The fourth-order valence-corrected chi connectivity index (χ4v) is 9.16. The number of hydrogen-bond acceptors (Lipinski definition) is 4. The van der Waals surface area contributed by atoms with Crippen molar-refractivity contribution in [1.29, 1.82) is 0 Å². The highest BCUT2D eigenvalue weighted by molar-refractivity contribution is 5.78. The van der Waals surface area contributed by atoms with Crippen LogP contribution < -0.4 is 4.74 Å². The highest BCUT2D eigenvalue weighted by Gasteiger charge is 2.70. The van der Waals surface area contributed by atoms with Crippen LogP contribution in [0.5, 0.6) is 11.5 Å². The highest BCUT2D eigenvalue weighted by atomic mass is 16.5. The Kier molecular flexibility index (Phi) is 3.64. The molecule has 1 aromatic rings. The summed E-state index contributed by atoms with van der Waals surface area (Å²) in [5.41, 5.74) is 0.980. The lowest BCUT2D eigenvalue weighted by molar-refractivity contribution is -0.255. The van der Waals surface area contributed by atoms with E-state index < -0.39 is 0 Å². The normalized spacial score (nSPS) is 48.9. The van der Waals surface area contributed by atoms with Gasteiger partial charge in [-0.3, -0.25) is 4.79 Å². The summed E-state index contributed by atoms with van der Waals surface area (Å²) in [6.07, 6.45) is 8.77. The minimum absolute atomic E-state index is 0.0532. The van der Waals surface area contributed by atoms with Crippen LogP contribution in [0.1, 0.15) is 71.3 Å². The van der Waals surface area contributed by atoms with Crippen molar-refractivity contribution in [2.75, 3.05) is 6.61 Å². The molecule has 162 valence electrons. The third-order valence-electron chi connectivity index (χ3n) is 10.5. The standard InChI is InChI=1S/C26H34O4/c1-23-11-7-20-24(2)9-4-10-26(20,15-29-22(24)28)19(23)8-12-25(3)21(23)14-16-13-17(27)5-6-18(16)30-25/h5-6,13,19-21,27H,4,7-12,14-15H2,1-3H3/t19?,20?,21?,23-,24-,25+,26+/m1/s1. The first-order chi connectivity index (χ1) is 14.2. The molecule has 3 aliphatic carbocycles. The van der Waals surface area contributed by atoms with E-state index in [0.29, 0.717) is 30.1 Å². The van der Waals surface area contributed by atoms with E-state index in [2.05, 4.69) is 20.8 Å². The minimum atomic E-state index is -0.292. The molecule has 0 radical (unpaired) electrons. The summed E-state index contributed by atoms with van der Waals surface area (Å²) in [6, 6.07) is 5.56. The lowest BCUT2D eigenvalue weighted by atomic mass is 9.36. The molecule has 2 bridgehead atoms. The molecule has 0 spiro atoms. The molecule has 2 heterocycles. The van der Waals surface area contributed by atoms with E-state index in [1.54, 1.807) is 6.07 Å². The topological polar surface area (TPSA) is 55.8 Å². The maximum Gasteiger partial charge on any atom is 0.312 e. The van der Waals surface area contributed by atoms with Crippen LogP contribution in [0.2, 0.25) is 0 Å². The van der Waals surface area contributed by atoms with Gasteiger partial charge >= 0.3 is 5.97 Å². The van der Waals surface area contributed by atoms with Crippen LogP contribution in [0.25, 0.3) is 0 Å². The fourth-order valence-electron chi connectivity index (χ4n) is 9.16. The number of phenolic OH excluding ortho intramolecular Hbond substituents is 1. The number of esters is 1. The van der Waals surface area contributed by atoms with Gasteiger partial charge in [-0.2, -0.15) is 0 Å². The molecule has 3 unspecified atom stereocenters. The second-order valence-corrected chi connectivity index (χ2v) is 11.7. The molecule has 1 saturated heterocycles. The van der Waals surface area contributed by atoms with E-state index in [1.807, 2.05) is 12.1 Å². The van der Waals surface area contributed by atoms with Gasteiger partial charge in [0.05, 0.1) is 12.0 Å². The number of aromatic hydroxyl groups is 1. The number of cyclic esters (lactones) is 1.